The lowest BCUT2D eigenvalue weighted by atomic mass is 10.1. The third-order valence-corrected chi connectivity index (χ3v) is 1.92. The minimum atomic E-state index is 0.458. The number of nitrogens with zero attached hydrogens (tertiary/aromatic N) is 1. The molecule has 0 saturated heterocycles. The molecule has 0 bridgehead atoms. The van der Waals surface area contributed by atoms with E-state index in [0.717, 1.165) is 17.0 Å². The summed E-state index contributed by atoms with van der Waals surface area (Å²) in [5, 5.41) is 3.95. The van der Waals surface area contributed by atoms with Crippen LogP contribution in [-0.2, 0) is 11.3 Å². The van der Waals surface area contributed by atoms with E-state index in [4.69, 9.17) is 9.26 Å². The molecular formula is C11H11NO2. The molecule has 2 aromatic rings. The van der Waals surface area contributed by atoms with Crippen LogP contribution in [0, 0.1) is 0 Å². The van der Waals surface area contributed by atoms with Gasteiger partial charge >= 0.3 is 0 Å². The van der Waals surface area contributed by atoms with E-state index in [1.54, 1.807) is 7.11 Å². The third kappa shape index (κ3) is 1.83. The Bertz CT molecular complexity index is 395. The van der Waals surface area contributed by atoms with Crippen molar-refractivity contribution in [3.8, 4) is 11.3 Å². The minimum Gasteiger partial charge on any atom is -0.377 e. The maximum atomic E-state index is 5.08. The molecule has 0 fully saturated rings. The van der Waals surface area contributed by atoms with Gasteiger partial charge in [-0.25, -0.2) is 0 Å². The van der Waals surface area contributed by atoms with Gasteiger partial charge in [-0.1, -0.05) is 35.5 Å². The summed E-state index contributed by atoms with van der Waals surface area (Å²) in [5.74, 6) is 0.742. The van der Waals surface area contributed by atoms with Crippen LogP contribution in [0.3, 0.4) is 0 Å². The first-order valence-electron chi connectivity index (χ1n) is 4.40. The van der Waals surface area contributed by atoms with Crippen molar-refractivity contribution in [1.29, 1.82) is 0 Å². The number of benzene rings is 1. The molecule has 3 nitrogen and oxygen atoms in total. The van der Waals surface area contributed by atoms with Crippen LogP contribution in [0.1, 0.15) is 5.76 Å². The van der Waals surface area contributed by atoms with E-state index in [0.29, 0.717) is 6.61 Å². The zero-order valence-electron chi connectivity index (χ0n) is 7.93. The van der Waals surface area contributed by atoms with Crippen LogP contribution in [0.2, 0.25) is 0 Å². The highest BCUT2D eigenvalue weighted by Crippen LogP contribution is 2.18. The summed E-state index contributed by atoms with van der Waals surface area (Å²) in [6, 6.07) is 11.8. The fourth-order valence-corrected chi connectivity index (χ4v) is 1.27. The van der Waals surface area contributed by atoms with Crippen LogP contribution in [0.5, 0.6) is 0 Å². The van der Waals surface area contributed by atoms with Gasteiger partial charge in [0.2, 0.25) is 0 Å². The van der Waals surface area contributed by atoms with Crippen molar-refractivity contribution in [2.45, 2.75) is 6.61 Å². The molecule has 3 heteroatoms. The molecule has 0 amide bonds. The zero-order valence-corrected chi connectivity index (χ0v) is 7.93. The van der Waals surface area contributed by atoms with E-state index in [1.165, 1.54) is 0 Å². The number of hydrogen-bond donors (Lipinski definition) is 0. The molecule has 0 aliphatic carbocycles. The van der Waals surface area contributed by atoms with E-state index in [1.807, 2.05) is 36.4 Å². The normalized spacial score (nSPS) is 10.4. The second-order valence-corrected chi connectivity index (χ2v) is 2.98. The van der Waals surface area contributed by atoms with Gasteiger partial charge in [0.05, 0.1) is 0 Å². The van der Waals surface area contributed by atoms with Crippen LogP contribution in [0.4, 0.5) is 0 Å². The molecule has 1 aromatic carbocycles. The lowest BCUT2D eigenvalue weighted by Gasteiger charge is -1.91. The fourth-order valence-electron chi connectivity index (χ4n) is 1.27. The highest BCUT2D eigenvalue weighted by atomic mass is 16.5. The molecule has 0 saturated carbocycles. The highest BCUT2D eigenvalue weighted by molar-refractivity contribution is 5.58. The molecule has 14 heavy (non-hydrogen) atoms. The van der Waals surface area contributed by atoms with Crippen molar-refractivity contribution in [3.63, 3.8) is 0 Å². The molecule has 0 aliphatic rings. The summed E-state index contributed by atoms with van der Waals surface area (Å²) in [6.45, 7) is 0.458. The highest BCUT2D eigenvalue weighted by Gasteiger charge is 2.04. The first-order chi connectivity index (χ1) is 6.90. The van der Waals surface area contributed by atoms with Gasteiger partial charge in [-0.05, 0) is 0 Å². The summed E-state index contributed by atoms with van der Waals surface area (Å²) >= 11 is 0. The lowest BCUT2D eigenvalue weighted by molar-refractivity contribution is 0.156. The quantitative estimate of drug-likeness (QED) is 0.744. The van der Waals surface area contributed by atoms with Crippen molar-refractivity contribution in [2.75, 3.05) is 7.11 Å². The number of hydrogen-bond acceptors (Lipinski definition) is 3. The van der Waals surface area contributed by atoms with Crippen molar-refractivity contribution < 1.29 is 9.26 Å². The fraction of sp³-hybridized carbons (Fsp3) is 0.182. The van der Waals surface area contributed by atoms with Crippen molar-refractivity contribution in [2.24, 2.45) is 0 Å². The number of rotatable bonds is 3. The summed E-state index contributed by atoms with van der Waals surface area (Å²) in [6.07, 6.45) is 0. The molecule has 72 valence electrons. The maximum Gasteiger partial charge on any atom is 0.162 e. The summed E-state index contributed by atoms with van der Waals surface area (Å²) in [5.41, 5.74) is 1.90. The first-order valence-corrected chi connectivity index (χ1v) is 4.40. The Kier molecular flexibility index (Phi) is 2.60. The summed E-state index contributed by atoms with van der Waals surface area (Å²) < 4.78 is 10.0. The van der Waals surface area contributed by atoms with Crippen LogP contribution >= 0.6 is 0 Å². The number of methoxy groups -OCH3 is 1. The molecule has 0 spiro atoms. The smallest absolute Gasteiger partial charge is 0.162 e. The summed E-state index contributed by atoms with van der Waals surface area (Å²) in [7, 11) is 1.63. The Balaban J connectivity index is 2.25. The van der Waals surface area contributed by atoms with Gasteiger partial charge in [-0.3, -0.25) is 0 Å². The van der Waals surface area contributed by atoms with E-state index in [-0.39, 0.29) is 0 Å². The predicted molar refractivity (Wildman–Crippen MR) is 52.7 cm³/mol. The van der Waals surface area contributed by atoms with Crippen molar-refractivity contribution in [3.05, 3.63) is 42.2 Å². The monoisotopic (exact) mass is 189 g/mol. The Morgan fingerprint density at radius 2 is 2.07 bits per heavy atom. The van der Waals surface area contributed by atoms with Gasteiger partial charge in [0.25, 0.3) is 0 Å². The van der Waals surface area contributed by atoms with Crippen molar-refractivity contribution >= 4 is 0 Å². The van der Waals surface area contributed by atoms with Crippen LogP contribution in [0.25, 0.3) is 11.3 Å². The second-order valence-electron chi connectivity index (χ2n) is 2.98. The minimum absolute atomic E-state index is 0.458. The van der Waals surface area contributed by atoms with Gasteiger partial charge in [0.1, 0.15) is 12.3 Å². The van der Waals surface area contributed by atoms with Crippen LogP contribution in [-0.4, -0.2) is 12.3 Å². The van der Waals surface area contributed by atoms with E-state index >= 15 is 0 Å². The van der Waals surface area contributed by atoms with E-state index < -0.39 is 0 Å². The second kappa shape index (κ2) is 4.07. The van der Waals surface area contributed by atoms with Crippen LogP contribution < -0.4 is 0 Å². The van der Waals surface area contributed by atoms with Gasteiger partial charge in [-0.15, -0.1) is 0 Å². The first kappa shape index (κ1) is 8.97. The predicted octanol–water partition coefficient (Wildman–Crippen LogP) is 2.49. The molecule has 0 N–H and O–H groups in total. The Labute approximate surface area is 82.3 Å². The van der Waals surface area contributed by atoms with Gasteiger partial charge in [0.15, 0.2) is 5.76 Å². The maximum absolute atomic E-state index is 5.08. The topological polar surface area (TPSA) is 35.3 Å². The molecule has 0 unspecified atom stereocenters. The SMILES string of the molecule is COCc1cc(-c2ccccc2)no1. The van der Waals surface area contributed by atoms with Gasteiger partial charge < -0.3 is 9.26 Å². The van der Waals surface area contributed by atoms with E-state index in [9.17, 15) is 0 Å². The number of ether oxygens (including phenoxy) is 1. The van der Waals surface area contributed by atoms with Crippen molar-refractivity contribution in [1.82, 2.24) is 5.16 Å². The van der Waals surface area contributed by atoms with Gasteiger partial charge in [-0.2, -0.15) is 0 Å². The molecule has 1 aromatic heterocycles. The molecule has 0 atom stereocenters. The zero-order chi connectivity index (χ0) is 9.80. The number of aromatic nitrogens is 1. The lowest BCUT2D eigenvalue weighted by Crippen LogP contribution is -1.81. The third-order valence-electron chi connectivity index (χ3n) is 1.92. The molecule has 0 radical (unpaired) electrons. The van der Waals surface area contributed by atoms with E-state index in [2.05, 4.69) is 5.16 Å². The Morgan fingerprint density at radius 1 is 1.29 bits per heavy atom. The average Bonchev–Trinajstić information content (AvgIpc) is 2.68. The Hall–Kier alpha value is -1.61. The summed E-state index contributed by atoms with van der Waals surface area (Å²) in [4.78, 5) is 0. The van der Waals surface area contributed by atoms with Gasteiger partial charge in [0, 0.05) is 18.7 Å². The largest absolute Gasteiger partial charge is 0.377 e. The molecule has 2 rings (SSSR count). The molecule has 1 heterocycles. The molecule has 0 aliphatic heterocycles. The Morgan fingerprint density at radius 3 is 2.79 bits per heavy atom. The standard InChI is InChI=1S/C11H11NO2/c1-13-8-10-7-11(12-14-10)9-5-3-2-4-6-9/h2-7H,8H2,1H3. The molecular weight excluding hydrogens is 178 g/mol. The average molecular weight is 189 g/mol. The van der Waals surface area contributed by atoms with Crippen LogP contribution in [0.15, 0.2) is 40.9 Å².